The molecule has 7 nitrogen and oxygen atoms in total. The normalized spacial score (nSPS) is 11.8. The summed E-state index contributed by atoms with van der Waals surface area (Å²) < 4.78 is 31.2. The predicted molar refractivity (Wildman–Crippen MR) is 108 cm³/mol. The number of nitrogens with zero attached hydrogens (tertiary/aromatic N) is 2. The first-order chi connectivity index (χ1) is 12.6. The lowest BCUT2D eigenvalue weighted by Gasteiger charge is -2.18. The highest BCUT2D eigenvalue weighted by atomic mass is 32.2. The van der Waals surface area contributed by atoms with E-state index in [9.17, 15) is 13.2 Å². The molecule has 1 N–H and O–H groups in total. The fourth-order valence-electron chi connectivity index (χ4n) is 2.47. The van der Waals surface area contributed by atoms with Crippen molar-refractivity contribution in [3.63, 3.8) is 0 Å². The summed E-state index contributed by atoms with van der Waals surface area (Å²) >= 11 is 1.66. The minimum Gasteiger partial charge on any atom is -0.495 e. The van der Waals surface area contributed by atoms with Crippen molar-refractivity contribution >= 4 is 33.0 Å². The van der Waals surface area contributed by atoms with E-state index in [1.165, 1.54) is 43.8 Å². The van der Waals surface area contributed by atoms with Crippen LogP contribution in [-0.4, -0.2) is 58.3 Å². The zero-order valence-electron chi connectivity index (χ0n) is 16.1. The van der Waals surface area contributed by atoms with Gasteiger partial charge in [-0.05, 0) is 49.2 Å². The lowest BCUT2D eigenvalue weighted by molar-refractivity contribution is -0.117. The van der Waals surface area contributed by atoms with Crippen molar-refractivity contribution in [1.29, 1.82) is 0 Å². The zero-order chi connectivity index (χ0) is 20.2. The lowest BCUT2D eigenvalue weighted by atomic mass is 10.3. The van der Waals surface area contributed by atoms with Gasteiger partial charge in [0.05, 0.1) is 13.7 Å². The van der Waals surface area contributed by atoms with Crippen LogP contribution in [-0.2, 0) is 21.4 Å². The Morgan fingerprint density at radius 1 is 1.22 bits per heavy atom. The van der Waals surface area contributed by atoms with Gasteiger partial charge in [-0.2, -0.15) is 0 Å². The largest absolute Gasteiger partial charge is 0.495 e. The molecule has 2 aromatic rings. The first kappa shape index (κ1) is 21.4. The Kier molecular flexibility index (Phi) is 6.99. The van der Waals surface area contributed by atoms with Crippen LogP contribution in [0, 0.1) is 6.92 Å². The molecule has 0 bridgehead atoms. The maximum atomic E-state index is 12.5. The molecule has 0 unspecified atom stereocenters. The monoisotopic (exact) mass is 411 g/mol. The standard InChI is InChI=1S/C18H25N3O4S2/c1-13-8-9-26-16(13)11-21(4)12-18(22)19-14-6-7-15(25-5)17(10-14)27(23,24)20(2)3/h6-10H,11-12H2,1-5H3,(H,19,22). The number of benzene rings is 1. The first-order valence-electron chi connectivity index (χ1n) is 8.27. The highest BCUT2D eigenvalue weighted by Crippen LogP contribution is 2.28. The molecule has 9 heteroatoms. The number of likely N-dealkylation sites (N-methyl/N-ethyl adjacent to an activating group) is 1. The molecule has 0 atom stereocenters. The molecule has 1 heterocycles. The van der Waals surface area contributed by atoms with Gasteiger partial charge in [-0.15, -0.1) is 11.3 Å². The van der Waals surface area contributed by atoms with Gasteiger partial charge in [0.2, 0.25) is 15.9 Å². The van der Waals surface area contributed by atoms with Crippen molar-refractivity contribution in [2.45, 2.75) is 18.4 Å². The second-order valence-corrected chi connectivity index (χ2v) is 9.52. The smallest absolute Gasteiger partial charge is 0.246 e. The molecular formula is C18H25N3O4S2. The molecule has 0 aliphatic rings. The molecule has 0 aliphatic carbocycles. The minimum absolute atomic E-state index is 0.00960. The predicted octanol–water partition coefficient (Wildman–Crippen LogP) is 2.39. The molecule has 0 aliphatic heterocycles. The Hall–Kier alpha value is -1.94. The van der Waals surface area contributed by atoms with Crippen LogP contribution < -0.4 is 10.1 Å². The van der Waals surface area contributed by atoms with Crippen molar-refractivity contribution in [3.05, 3.63) is 40.1 Å². The van der Waals surface area contributed by atoms with E-state index in [1.54, 1.807) is 17.4 Å². The molecule has 27 heavy (non-hydrogen) atoms. The number of nitrogens with one attached hydrogen (secondary N) is 1. The third-order valence-electron chi connectivity index (χ3n) is 4.00. The number of ether oxygens (including phenoxy) is 1. The quantitative estimate of drug-likeness (QED) is 0.722. The summed E-state index contributed by atoms with van der Waals surface area (Å²) in [5.41, 5.74) is 1.61. The van der Waals surface area contributed by atoms with Gasteiger partial charge in [-0.1, -0.05) is 0 Å². The van der Waals surface area contributed by atoms with Crippen LogP contribution in [0.25, 0.3) is 0 Å². The van der Waals surface area contributed by atoms with E-state index in [1.807, 2.05) is 24.3 Å². The molecular weight excluding hydrogens is 386 g/mol. The SMILES string of the molecule is COc1ccc(NC(=O)CN(C)Cc2sccc2C)cc1S(=O)(=O)N(C)C. The Morgan fingerprint density at radius 2 is 1.93 bits per heavy atom. The fraction of sp³-hybridized carbons (Fsp3) is 0.389. The van der Waals surface area contributed by atoms with Gasteiger partial charge in [-0.25, -0.2) is 12.7 Å². The van der Waals surface area contributed by atoms with Crippen molar-refractivity contribution in [2.24, 2.45) is 0 Å². The summed E-state index contributed by atoms with van der Waals surface area (Å²) in [7, 11) is 2.48. The maximum absolute atomic E-state index is 12.5. The summed E-state index contributed by atoms with van der Waals surface area (Å²) in [5.74, 6) is 0.0112. The van der Waals surface area contributed by atoms with Gasteiger partial charge < -0.3 is 10.1 Å². The molecule has 0 saturated carbocycles. The average molecular weight is 412 g/mol. The van der Waals surface area contributed by atoms with Gasteiger partial charge in [0.25, 0.3) is 0 Å². The molecule has 0 fully saturated rings. The molecule has 1 aromatic heterocycles. The van der Waals surface area contributed by atoms with Gasteiger partial charge in [0, 0.05) is 31.2 Å². The molecule has 0 radical (unpaired) electrons. The molecule has 148 valence electrons. The second kappa shape index (κ2) is 8.83. The summed E-state index contributed by atoms with van der Waals surface area (Å²) in [6.45, 7) is 2.92. The van der Waals surface area contributed by atoms with E-state index >= 15 is 0 Å². The number of sulfonamides is 1. The van der Waals surface area contributed by atoms with Crippen molar-refractivity contribution in [1.82, 2.24) is 9.21 Å². The van der Waals surface area contributed by atoms with Crippen LogP contribution in [0.2, 0.25) is 0 Å². The Bertz CT molecular complexity index is 907. The topological polar surface area (TPSA) is 79.0 Å². The number of methoxy groups -OCH3 is 1. The number of rotatable bonds is 8. The van der Waals surface area contributed by atoms with Crippen LogP contribution >= 0.6 is 11.3 Å². The van der Waals surface area contributed by atoms with Crippen molar-refractivity contribution in [2.75, 3.05) is 40.1 Å². The van der Waals surface area contributed by atoms with E-state index in [4.69, 9.17) is 4.74 Å². The number of aryl methyl sites for hydroxylation is 1. The van der Waals surface area contributed by atoms with Gasteiger partial charge in [0.1, 0.15) is 10.6 Å². The van der Waals surface area contributed by atoms with E-state index < -0.39 is 10.0 Å². The fourth-order valence-corrected chi connectivity index (χ4v) is 4.53. The molecule has 2 rings (SSSR count). The van der Waals surface area contributed by atoms with E-state index in [-0.39, 0.29) is 23.1 Å². The molecule has 0 spiro atoms. The van der Waals surface area contributed by atoms with E-state index in [2.05, 4.69) is 11.4 Å². The van der Waals surface area contributed by atoms with Crippen LogP contribution in [0.1, 0.15) is 10.4 Å². The number of anilines is 1. The summed E-state index contributed by atoms with van der Waals surface area (Å²) in [4.78, 5) is 15.5. The summed E-state index contributed by atoms with van der Waals surface area (Å²) in [6, 6.07) is 6.62. The third-order valence-corrected chi connectivity index (χ3v) is 6.85. The number of thiophene rings is 1. The maximum Gasteiger partial charge on any atom is 0.246 e. The Labute approximate surface area is 164 Å². The van der Waals surface area contributed by atoms with Crippen molar-refractivity contribution < 1.29 is 17.9 Å². The van der Waals surface area contributed by atoms with Crippen LogP contribution in [0.3, 0.4) is 0 Å². The van der Waals surface area contributed by atoms with E-state index in [0.29, 0.717) is 12.2 Å². The zero-order valence-corrected chi connectivity index (χ0v) is 17.8. The first-order valence-corrected chi connectivity index (χ1v) is 10.6. The second-order valence-electron chi connectivity index (χ2n) is 6.40. The van der Waals surface area contributed by atoms with Crippen LogP contribution in [0.4, 0.5) is 5.69 Å². The Balaban J connectivity index is 2.10. The molecule has 0 saturated heterocycles. The lowest BCUT2D eigenvalue weighted by Crippen LogP contribution is -2.30. The van der Waals surface area contributed by atoms with Gasteiger partial charge in [-0.3, -0.25) is 9.69 Å². The number of hydrogen-bond acceptors (Lipinski definition) is 6. The highest BCUT2D eigenvalue weighted by molar-refractivity contribution is 7.89. The highest BCUT2D eigenvalue weighted by Gasteiger charge is 2.23. The van der Waals surface area contributed by atoms with Gasteiger partial charge in [0.15, 0.2) is 0 Å². The number of carbonyl (C=O) groups excluding carboxylic acids is 1. The van der Waals surface area contributed by atoms with E-state index in [0.717, 1.165) is 4.31 Å². The van der Waals surface area contributed by atoms with Crippen LogP contribution in [0.5, 0.6) is 5.75 Å². The van der Waals surface area contributed by atoms with Crippen molar-refractivity contribution in [3.8, 4) is 5.75 Å². The molecule has 1 aromatic carbocycles. The molecule has 1 amide bonds. The Morgan fingerprint density at radius 3 is 2.48 bits per heavy atom. The van der Waals surface area contributed by atoms with Crippen LogP contribution in [0.15, 0.2) is 34.5 Å². The summed E-state index contributed by atoms with van der Waals surface area (Å²) in [5, 5.41) is 4.78. The number of carbonyl (C=O) groups is 1. The third kappa shape index (κ3) is 5.29. The number of hydrogen-bond donors (Lipinski definition) is 1. The average Bonchev–Trinajstić information content (AvgIpc) is 2.99. The summed E-state index contributed by atoms with van der Waals surface area (Å²) in [6.07, 6.45) is 0. The number of amides is 1. The minimum atomic E-state index is -3.69. The van der Waals surface area contributed by atoms with Gasteiger partial charge >= 0.3 is 0 Å².